The molecule has 0 amide bonds. The normalized spacial score (nSPS) is 24.0. The maximum absolute atomic E-state index is 14.2. The zero-order valence-corrected chi connectivity index (χ0v) is 14.4. The van der Waals surface area contributed by atoms with Crippen LogP contribution in [0.4, 0.5) is 16.2 Å². The average Bonchev–Trinajstić information content (AvgIpc) is 2.66. The number of hydrogen-bond acceptors (Lipinski definition) is 7. The Bertz CT molecular complexity index is 736. The quantitative estimate of drug-likeness (QED) is 0.842. The lowest BCUT2D eigenvalue weighted by molar-refractivity contribution is 0.0333. The first-order valence-electron chi connectivity index (χ1n) is 8.91. The van der Waals surface area contributed by atoms with Crippen molar-refractivity contribution in [2.24, 2.45) is 5.92 Å². The minimum Gasteiger partial charge on any atom is -0.393 e. The fourth-order valence-electron chi connectivity index (χ4n) is 3.46. The van der Waals surface area contributed by atoms with Gasteiger partial charge in [-0.3, -0.25) is 4.98 Å². The number of morpholine rings is 1. The van der Waals surface area contributed by atoms with Gasteiger partial charge in [-0.1, -0.05) is 6.07 Å². The van der Waals surface area contributed by atoms with Crippen molar-refractivity contribution in [1.82, 2.24) is 15.0 Å². The summed E-state index contributed by atoms with van der Waals surface area (Å²) in [6.45, 7) is 2.32. The maximum Gasteiger partial charge on any atom is 0.225 e. The number of nitrogens with zero attached hydrogens (tertiary/aromatic N) is 4. The lowest BCUT2D eigenvalue weighted by Crippen LogP contribution is -2.38. The molecule has 8 heteroatoms. The van der Waals surface area contributed by atoms with Gasteiger partial charge in [-0.25, -0.2) is 9.37 Å². The third-order valence-corrected chi connectivity index (χ3v) is 4.95. The topological polar surface area (TPSA) is 83.4 Å². The van der Waals surface area contributed by atoms with E-state index in [0.29, 0.717) is 50.9 Å². The lowest BCUT2D eigenvalue weighted by atomic mass is 9.76. The van der Waals surface area contributed by atoms with E-state index in [9.17, 15) is 9.50 Å². The second-order valence-electron chi connectivity index (χ2n) is 6.73. The number of rotatable bonds is 5. The van der Waals surface area contributed by atoms with Crippen molar-refractivity contribution in [2.75, 3.05) is 36.5 Å². The summed E-state index contributed by atoms with van der Waals surface area (Å²) in [6, 6.07) is 5.61. The van der Waals surface area contributed by atoms with Crippen LogP contribution in [0.2, 0.25) is 0 Å². The molecule has 1 aliphatic heterocycles. The summed E-state index contributed by atoms with van der Waals surface area (Å²) in [4.78, 5) is 14.8. The summed E-state index contributed by atoms with van der Waals surface area (Å²) in [7, 11) is 0. The van der Waals surface area contributed by atoms with E-state index in [1.165, 1.54) is 6.20 Å². The fourth-order valence-corrected chi connectivity index (χ4v) is 3.46. The Balaban J connectivity index is 1.57. The molecule has 1 saturated carbocycles. The van der Waals surface area contributed by atoms with Crippen LogP contribution in [0.25, 0.3) is 0 Å². The van der Waals surface area contributed by atoms with Crippen molar-refractivity contribution in [3.8, 4) is 0 Å². The molecule has 3 heterocycles. The molecule has 4 rings (SSSR count). The van der Waals surface area contributed by atoms with Crippen LogP contribution in [-0.4, -0.2) is 52.5 Å². The maximum atomic E-state index is 14.2. The van der Waals surface area contributed by atoms with Crippen LogP contribution in [0.5, 0.6) is 0 Å². The van der Waals surface area contributed by atoms with E-state index in [0.717, 1.165) is 5.69 Å². The molecule has 2 aromatic rings. The van der Waals surface area contributed by atoms with Gasteiger partial charge in [0.25, 0.3) is 0 Å². The number of ether oxygens (including phenoxy) is 1. The van der Waals surface area contributed by atoms with Crippen LogP contribution in [0, 0.1) is 11.7 Å². The van der Waals surface area contributed by atoms with Gasteiger partial charge >= 0.3 is 0 Å². The number of hydrogen-bond donors (Lipinski definition) is 2. The Hall–Kier alpha value is -2.32. The smallest absolute Gasteiger partial charge is 0.225 e. The lowest BCUT2D eigenvalue weighted by Gasteiger charge is -2.37. The highest BCUT2D eigenvalue weighted by Gasteiger charge is 2.36. The minimum atomic E-state index is -0.439. The monoisotopic (exact) mass is 359 g/mol. The van der Waals surface area contributed by atoms with E-state index >= 15 is 0 Å². The van der Waals surface area contributed by atoms with E-state index < -0.39 is 5.82 Å². The Labute approximate surface area is 151 Å². The van der Waals surface area contributed by atoms with E-state index in [-0.39, 0.29) is 18.1 Å². The molecule has 2 aromatic heterocycles. The fraction of sp³-hybridized carbons (Fsp3) is 0.500. The molecule has 1 aliphatic carbocycles. The van der Waals surface area contributed by atoms with Gasteiger partial charge in [0.05, 0.1) is 37.3 Å². The molecule has 2 fully saturated rings. The molecule has 1 unspecified atom stereocenters. The van der Waals surface area contributed by atoms with E-state index in [1.54, 1.807) is 6.20 Å². The summed E-state index contributed by atoms with van der Waals surface area (Å²) >= 11 is 0. The molecule has 2 aliphatic rings. The third kappa shape index (κ3) is 3.61. The van der Waals surface area contributed by atoms with Crippen LogP contribution >= 0.6 is 0 Å². The van der Waals surface area contributed by atoms with Crippen LogP contribution in [0.15, 0.2) is 30.6 Å². The van der Waals surface area contributed by atoms with Gasteiger partial charge in [0.1, 0.15) is 0 Å². The zero-order chi connectivity index (χ0) is 17.9. The van der Waals surface area contributed by atoms with Gasteiger partial charge in [0.15, 0.2) is 11.6 Å². The van der Waals surface area contributed by atoms with Gasteiger partial charge in [0.2, 0.25) is 5.95 Å². The number of aromatic nitrogens is 3. The van der Waals surface area contributed by atoms with Crippen molar-refractivity contribution in [2.45, 2.75) is 25.0 Å². The summed E-state index contributed by atoms with van der Waals surface area (Å²) in [5, 5.41) is 13.0. The van der Waals surface area contributed by atoms with Crippen molar-refractivity contribution in [1.29, 1.82) is 0 Å². The molecule has 0 radical (unpaired) electrons. The minimum absolute atomic E-state index is 0.123. The summed E-state index contributed by atoms with van der Waals surface area (Å²) < 4.78 is 19.5. The molecule has 0 aromatic carbocycles. The highest BCUT2D eigenvalue weighted by Crippen LogP contribution is 2.39. The molecule has 1 atom stereocenters. The number of pyridine rings is 1. The Morgan fingerprint density at radius 3 is 2.73 bits per heavy atom. The predicted octanol–water partition coefficient (Wildman–Crippen LogP) is 1.77. The highest BCUT2D eigenvalue weighted by molar-refractivity contribution is 5.45. The van der Waals surface area contributed by atoms with Crippen LogP contribution < -0.4 is 10.2 Å². The van der Waals surface area contributed by atoms with E-state index in [2.05, 4.69) is 20.3 Å². The zero-order valence-electron chi connectivity index (χ0n) is 14.4. The molecule has 0 spiro atoms. The number of halogens is 1. The van der Waals surface area contributed by atoms with Crippen LogP contribution in [0.3, 0.4) is 0 Å². The highest BCUT2D eigenvalue weighted by atomic mass is 19.1. The molecule has 2 N–H and O–H groups in total. The van der Waals surface area contributed by atoms with Crippen molar-refractivity contribution >= 4 is 11.8 Å². The number of aliphatic hydroxyl groups excluding tert-OH is 1. The Morgan fingerprint density at radius 2 is 2.04 bits per heavy atom. The molecule has 0 bridgehead atoms. The number of aliphatic hydroxyl groups is 1. The first kappa shape index (κ1) is 17.1. The first-order chi connectivity index (χ1) is 12.7. The molecule has 138 valence electrons. The summed E-state index contributed by atoms with van der Waals surface area (Å²) in [6.07, 6.45) is 4.07. The SMILES string of the molecule is OC1CC(C(Nc2ncc(F)c(N3CCOCC3)n2)c2ccccn2)C1. The van der Waals surface area contributed by atoms with Crippen LogP contribution in [-0.2, 0) is 4.74 Å². The third-order valence-electron chi connectivity index (χ3n) is 4.95. The summed E-state index contributed by atoms with van der Waals surface area (Å²) in [5.41, 5.74) is 0.866. The predicted molar refractivity (Wildman–Crippen MR) is 94.4 cm³/mol. The van der Waals surface area contributed by atoms with Crippen molar-refractivity contribution < 1.29 is 14.2 Å². The van der Waals surface area contributed by atoms with Crippen molar-refractivity contribution in [3.63, 3.8) is 0 Å². The van der Waals surface area contributed by atoms with Gasteiger partial charge < -0.3 is 20.1 Å². The standard InChI is InChI=1S/C18H22FN5O2/c19-14-11-21-18(23-17(14)24-5-7-26-8-6-24)22-16(12-9-13(25)10-12)15-3-1-2-4-20-15/h1-4,11-13,16,25H,5-10H2,(H,21,22,23). The molecular formula is C18H22FN5O2. The molecule has 1 saturated heterocycles. The average molecular weight is 359 g/mol. The second-order valence-corrected chi connectivity index (χ2v) is 6.73. The van der Waals surface area contributed by atoms with E-state index in [1.807, 2.05) is 23.1 Å². The molecular weight excluding hydrogens is 337 g/mol. The largest absolute Gasteiger partial charge is 0.393 e. The second kappa shape index (κ2) is 7.51. The van der Waals surface area contributed by atoms with Gasteiger partial charge in [-0.05, 0) is 30.9 Å². The van der Waals surface area contributed by atoms with Gasteiger partial charge in [0, 0.05) is 19.3 Å². The molecule has 26 heavy (non-hydrogen) atoms. The van der Waals surface area contributed by atoms with Gasteiger partial charge in [-0.15, -0.1) is 0 Å². The summed E-state index contributed by atoms with van der Waals surface area (Å²) in [5.74, 6) is 0.454. The Kier molecular flexibility index (Phi) is 4.94. The van der Waals surface area contributed by atoms with Crippen molar-refractivity contribution in [3.05, 3.63) is 42.1 Å². The number of anilines is 2. The molecule has 7 nitrogen and oxygen atoms in total. The van der Waals surface area contributed by atoms with E-state index in [4.69, 9.17) is 4.74 Å². The van der Waals surface area contributed by atoms with Crippen LogP contribution in [0.1, 0.15) is 24.6 Å². The first-order valence-corrected chi connectivity index (χ1v) is 8.91. The van der Waals surface area contributed by atoms with Gasteiger partial charge in [-0.2, -0.15) is 4.98 Å². The Morgan fingerprint density at radius 1 is 1.23 bits per heavy atom. The number of nitrogens with one attached hydrogen (secondary N) is 1.